The molecule has 35 heavy (non-hydrogen) atoms. The smallest absolute Gasteiger partial charge is 0.273 e. The first-order valence-electron chi connectivity index (χ1n) is 12.1. The molecule has 1 aliphatic rings. The van der Waals surface area contributed by atoms with Gasteiger partial charge in [0.25, 0.3) is 5.91 Å². The third-order valence-corrected chi connectivity index (χ3v) is 7.08. The predicted molar refractivity (Wildman–Crippen MR) is 143 cm³/mol. The van der Waals surface area contributed by atoms with Crippen molar-refractivity contribution in [3.63, 3.8) is 0 Å². The number of aryl methyl sites for hydroxylation is 3. The number of rotatable bonds is 4. The lowest BCUT2D eigenvalue weighted by molar-refractivity contribution is 0.102. The number of halogens is 1. The molecule has 1 aliphatic heterocycles. The molecule has 0 atom stereocenters. The first-order valence-corrected chi connectivity index (χ1v) is 12.4. The van der Waals surface area contributed by atoms with Crippen molar-refractivity contribution in [2.75, 3.05) is 5.32 Å². The minimum atomic E-state index is -0.112. The van der Waals surface area contributed by atoms with Gasteiger partial charge in [0.2, 0.25) is 0 Å². The van der Waals surface area contributed by atoms with Crippen LogP contribution in [0.5, 0.6) is 0 Å². The number of benzene rings is 3. The summed E-state index contributed by atoms with van der Waals surface area (Å²) in [6.07, 6.45) is 5.24. The van der Waals surface area contributed by atoms with Gasteiger partial charge in [0.1, 0.15) is 11.3 Å². The fourth-order valence-corrected chi connectivity index (χ4v) is 5.41. The fraction of sp³-hybridized carbons (Fsp3) is 0.167. The van der Waals surface area contributed by atoms with Gasteiger partial charge in [0.05, 0.1) is 5.69 Å². The van der Waals surface area contributed by atoms with Crippen LogP contribution < -0.4 is 5.32 Å². The molecule has 6 rings (SSSR count). The molecule has 1 amide bonds. The first-order chi connectivity index (χ1) is 17.1. The number of carbonyl (C=O) groups excluding carboxylic acids is 1. The van der Waals surface area contributed by atoms with E-state index >= 15 is 0 Å². The van der Waals surface area contributed by atoms with Crippen LogP contribution in [0.25, 0.3) is 28.0 Å². The van der Waals surface area contributed by atoms with Gasteiger partial charge in [-0.2, -0.15) is 0 Å². The molecular weight excluding hydrogens is 454 g/mol. The molecule has 2 aromatic heterocycles. The summed E-state index contributed by atoms with van der Waals surface area (Å²) in [7, 11) is 0. The van der Waals surface area contributed by atoms with Crippen LogP contribution in [0.1, 0.15) is 34.5 Å². The van der Waals surface area contributed by atoms with Crippen molar-refractivity contribution < 1.29 is 4.79 Å². The summed E-state index contributed by atoms with van der Waals surface area (Å²) in [5, 5.41) is 3.84. The number of anilines is 1. The van der Waals surface area contributed by atoms with Crippen LogP contribution in [0.15, 0.2) is 85.1 Å². The lowest BCUT2D eigenvalue weighted by atomic mass is 9.97. The summed E-state index contributed by atoms with van der Waals surface area (Å²) in [5.74, 6) is -0.112. The molecule has 3 heterocycles. The molecular formula is C30H26ClN3O. The van der Waals surface area contributed by atoms with Crippen molar-refractivity contribution in [1.82, 2.24) is 8.97 Å². The van der Waals surface area contributed by atoms with Crippen LogP contribution >= 0.6 is 11.6 Å². The molecule has 0 bridgehead atoms. The van der Waals surface area contributed by atoms with E-state index in [9.17, 15) is 4.79 Å². The Kier molecular flexibility index (Phi) is 5.46. The summed E-state index contributed by atoms with van der Waals surface area (Å²) < 4.78 is 4.50. The lowest BCUT2D eigenvalue weighted by Crippen LogP contribution is -2.15. The van der Waals surface area contributed by atoms with Crippen LogP contribution in [0.3, 0.4) is 0 Å². The normalized spacial score (nSPS) is 13.1. The summed E-state index contributed by atoms with van der Waals surface area (Å²) in [5.41, 5.74) is 9.20. The number of amides is 1. The largest absolute Gasteiger partial charge is 0.325 e. The van der Waals surface area contributed by atoms with E-state index in [4.69, 9.17) is 11.6 Å². The zero-order valence-electron chi connectivity index (χ0n) is 19.6. The van der Waals surface area contributed by atoms with Gasteiger partial charge < -0.3 is 9.88 Å². The van der Waals surface area contributed by atoms with Gasteiger partial charge in [-0.1, -0.05) is 66.2 Å². The van der Waals surface area contributed by atoms with Crippen LogP contribution in [-0.4, -0.2) is 14.9 Å². The number of carbonyl (C=O) groups is 1. The molecule has 0 unspecified atom stereocenters. The summed E-state index contributed by atoms with van der Waals surface area (Å²) in [6.45, 7) is 2.96. The maximum absolute atomic E-state index is 13.9. The van der Waals surface area contributed by atoms with Gasteiger partial charge in [-0.25, -0.2) is 0 Å². The second-order valence-corrected chi connectivity index (χ2v) is 9.65. The number of hydrogen-bond acceptors (Lipinski definition) is 1. The maximum Gasteiger partial charge on any atom is 0.273 e. The Morgan fingerprint density at radius 2 is 1.71 bits per heavy atom. The van der Waals surface area contributed by atoms with E-state index in [1.54, 1.807) is 0 Å². The van der Waals surface area contributed by atoms with Crippen molar-refractivity contribution in [3.05, 3.63) is 107 Å². The van der Waals surface area contributed by atoms with Gasteiger partial charge in [0.15, 0.2) is 0 Å². The van der Waals surface area contributed by atoms with E-state index in [1.807, 2.05) is 61.5 Å². The van der Waals surface area contributed by atoms with Gasteiger partial charge >= 0.3 is 0 Å². The Balaban J connectivity index is 1.61. The molecule has 5 heteroatoms. The standard InChI is InChI=1S/C30H26ClN3O/c1-20-8-7-11-24(18-20)32-29(35)28-27(22-13-15-23(31)16-14-22)25-12-5-6-17-33-26(19-34(28)30(25)33)21-9-3-2-4-10-21/h2-4,7-11,13-16,18-19H,5-6,12,17H2,1H3,(H,32,35). The van der Waals surface area contributed by atoms with Crippen LogP contribution in [0.2, 0.25) is 5.02 Å². The highest BCUT2D eigenvalue weighted by Gasteiger charge is 2.29. The molecule has 0 fully saturated rings. The Labute approximate surface area is 209 Å². The molecule has 0 radical (unpaired) electrons. The van der Waals surface area contributed by atoms with Gasteiger partial charge in [-0.15, -0.1) is 0 Å². The molecule has 174 valence electrons. The van der Waals surface area contributed by atoms with Crippen molar-refractivity contribution in [2.45, 2.75) is 32.7 Å². The molecule has 0 saturated carbocycles. The monoisotopic (exact) mass is 479 g/mol. The average Bonchev–Trinajstić information content (AvgIpc) is 3.28. The third kappa shape index (κ3) is 3.84. The molecule has 1 N–H and O–H groups in total. The van der Waals surface area contributed by atoms with E-state index < -0.39 is 0 Å². The van der Waals surface area contributed by atoms with Gasteiger partial charge in [-0.3, -0.25) is 9.20 Å². The molecule has 3 aromatic carbocycles. The van der Waals surface area contributed by atoms with Crippen molar-refractivity contribution in [3.8, 4) is 22.4 Å². The zero-order chi connectivity index (χ0) is 23.9. The number of nitrogens with one attached hydrogen (secondary N) is 1. The number of aromatic nitrogens is 2. The second-order valence-electron chi connectivity index (χ2n) is 9.22. The average molecular weight is 480 g/mol. The van der Waals surface area contributed by atoms with Crippen LogP contribution in [-0.2, 0) is 13.0 Å². The number of imidazole rings is 1. The SMILES string of the molecule is Cc1cccc(NC(=O)c2c(-c3ccc(Cl)cc3)c3c4n(c(-c5ccccc5)cn24)CCCC3)c1. The van der Waals surface area contributed by atoms with Crippen LogP contribution in [0, 0.1) is 6.92 Å². The summed E-state index contributed by atoms with van der Waals surface area (Å²) >= 11 is 6.22. The molecule has 0 saturated heterocycles. The van der Waals surface area contributed by atoms with Crippen molar-refractivity contribution in [2.24, 2.45) is 0 Å². The quantitative estimate of drug-likeness (QED) is 0.283. The Morgan fingerprint density at radius 3 is 2.49 bits per heavy atom. The first kappa shape index (κ1) is 21.8. The highest BCUT2D eigenvalue weighted by Crippen LogP contribution is 2.40. The van der Waals surface area contributed by atoms with Crippen molar-refractivity contribution in [1.29, 1.82) is 0 Å². The Bertz CT molecular complexity index is 1540. The summed E-state index contributed by atoms with van der Waals surface area (Å²) in [6, 6.07) is 26.2. The fourth-order valence-electron chi connectivity index (χ4n) is 5.29. The summed E-state index contributed by atoms with van der Waals surface area (Å²) in [4.78, 5) is 13.9. The molecule has 4 nitrogen and oxygen atoms in total. The minimum Gasteiger partial charge on any atom is -0.325 e. The number of hydrogen-bond donors (Lipinski definition) is 1. The third-order valence-electron chi connectivity index (χ3n) is 6.83. The van der Waals surface area contributed by atoms with E-state index in [0.717, 1.165) is 65.1 Å². The van der Waals surface area contributed by atoms with E-state index in [1.165, 1.54) is 5.56 Å². The highest BCUT2D eigenvalue weighted by atomic mass is 35.5. The minimum absolute atomic E-state index is 0.112. The zero-order valence-corrected chi connectivity index (χ0v) is 20.3. The Hall–Kier alpha value is -3.76. The topological polar surface area (TPSA) is 38.4 Å². The second kappa shape index (κ2) is 8.79. The predicted octanol–water partition coefficient (Wildman–Crippen LogP) is 7.63. The molecule has 0 spiro atoms. The highest BCUT2D eigenvalue weighted by molar-refractivity contribution is 6.30. The van der Waals surface area contributed by atoms with E-state index in [2.05, 4.69) is 44.7 Å². The Morgan fingerprint density at radius 1 is 0.914 bits per heavy atom. The molecule has 0 aliphatic carbocycles. The van der Waals surface area contributed by atoms with Crippen molar-refractivity contribution >= 4 is 28.8 Å². The van der Waals surface area contributed by atoms with Crippen LogP contribution in [0.4, 0.5) is 5.69 Å². The number of nitrogens with zero attached hydrogens (tertiary/aromatic N) is 2. The van der Waals surface area contributed by atoms with E-state index in [0.29, 0.717) is 10.7 Å². The lowest BCUT2D eigenvalue weighted by Gasteiger charge is -2.11. The van der Waals surface area contributed by atoms with E-state index in [-0.39, 0.29) is 5.91 Å². The molecule has 5 aromatic rings. The maximum atomic E-state index is 13.9. The van der Waals surface area contributed by atoms with Gasteiger partial charge in [-0.05, 0) is 67.1 Å². The van der Waals surface area contributed by atoms with Gasteiger partial charge in [0, 0.05) is 34.6 Å².